The summed E-state index contributed by atoms with van der Waals surface area (Å²) in [7, 11) is 0. The molecular weight excluding hydrogens is 290 g/mol. The van der Waals surface area contributed by atoms with E-state index < -0.39 is 11.4 Å². The highest BCUT2D eigenvalue weighted by Crippen LogP contribution is 2.35. The third kappa shape index (κ3) is 3.53. The number of likely N-dealkylation sites (tertiary alicyclic amines) is 1. The molecule has 2 heterocycles. The molecule has 1 aromatic rings. The summed E-state index contributed by atoms with van der Waals surface area (Å²) < 4.78 is 0. The lowest BCUT2D eigenvalue weighted by Gasteiger charge is -2.38. The third-order valence-electron chi connectivity index (χ3n) is 4.22. The highest BCUT2D eigenvalue weighted by molar-refractivity contribution is 7.11. The van der Waals surface area contributed by atoms with Crippen LogP contribution in [0, 0.1) is 12.3 Å². The SMILES string of the molecule is CCC1(C(=O)O)CCN(C(=O)NCc2cnc(C)s2)CC1. The second-order valence-corrected chi connectivity index (χ2v) is 6.75. The fourth-order valence-electron chi connectivity index (χ4n) is 2.62. The van der Waals surface area contributed by atoms with Crippen molar-refractivity contribution < 1.29 is 14.7 Å². The number of carboxylic acid groups (broad SMARTS) is 1. The highest BCUT2D eigenvalue weighted by atomic mass is 32.1. The van der Waals surface area contributed by atoms with Gasteiger partial charge in [0, 0.05) is 24.2 Å². The Morgan fingerprint density at radius 3 is 2.62 bits per heavy atom. The Morgan fingerprint density at radius 2 is 2.14 bits per heavy atom. The predicted octanol–water partition coefficient (Wildman–Crippen LogP) is 2.24. The number of amides is 2. The summed E-state index contributed by atoms with van der Waals surface area (Å²) in [6.45, 7) is 5.28. The average molecular weight is 311 g/mol. The van der Waals surface area contributed by atoms with Gasteiger partial charge < -0.3 is 15.3 Å². The fourth-order valence-corrected chi connectivity index (χ4v) is 3.35. The van der Waals surface area contributed by atoms with Crippen LogP contribution in [0.25, 0.3) is 0 Å². The first-order chi connectivity index (χ1) is 9.97. The van der Waals surface area contributed by atoms with E-state index in [4.69, 9.17) is 0 Å². The van der Waals surface area contributed by atoms with E-state index in [1.54, 1.807) is 22.4 Å². The first-order valence-corrected chi connectivity index (χ1v) is 7.96. The smallest absolute Gasteiger partial charge is 0.317 e. The molecule has 0 aliphatic carbocycles. The number of rotatable bonds is 4. The second kappa shape index (κ2) is 6.43. The number of carboxylic acids is 1. The Morgan fingerprint density at radius 1 is 1.48 bits per heavy atom. The van der Waals surface area contributed by atoms with Gasteiger partial charge in [-0.25, -0.2) is 9.78 Å². The van der Waals surface area contributed by atoms with Crippen molar-refractivity contribution in [2.24, 2.45) is 5.41 Å². The zero-order valence-electron chi connectivity index (χ0n) is 12.4. The number of aromatic nitrogens is 1. The Bertz CT molecular complexity index is 521. The first-order valence-electron chi connectivity index (χ1n) is 7.14. The van der Waals surface area contributed by atoms with Gasteiger partial charge in [-0.3, -0.25) is 4.79 Å². The molecule has 1 saturated heterocycles. The van der Waals surface area contributed by atoms with Gasteiger partial charge in [0.1, 0.15) is 0 Å². The number of aliphatic carboxylic acids is 1. The molecule has 7 heteroatoms. The number of urea groups is 1. The van der Waals surface area contributed by atoms with Crippen molar-refractivity contribution in [3.8, 4) is 0 Å². The topological polar surface area (TPSA) is 82.5 Å². The molecule has 1 aromatic heterocycles. The number of hydrogen-bond acceptors (Lipinski definition) is 4. The van der Waals surface area contributed by atoms with E-state index in [0.717, 1.165) is 9.88 Å². The van der Waals surface area contributed by atoms with Gasteiger partial charge in [-0.2, -0.15) is 0 Å². The first kappa shape index (κ1) is 15.8. The van der Waals surface area contributed by atoms with Crippen molar-refractivity contribution in [3.63, 3.8) is 0 Å². The Kier molecular flexibility index (Phi) is 4.82. The van der Waals surface area contributed by atoms with Crippen LogP contribution in [0.1, 0.15) is 36.1 Å². The van der Waals surface area contributed by atoms with Crippen molar-refractivity contribution in [1.29, 1.82) is 0 Å². The van der Waals surface area contributed by atoms with Gasteiger partial charge in [0.15, 0.2) is 0 Å². The molecule has 2 amide bonds. The van der Waals surface area contributed by atoms with E-state index >= 15 is 0 Å². The maximum atomic E-state index is 12.1. The highest BCUT2D eigenvalue weighted by Gasteiger charge is 2.40. The quantitative estimate of drug-likeness (QED) is 0.893. The van der Waals surface area contributed by atoms with E-state index in [9.17, 15) is 14.7 Å². The Labute approximate surface area is 128 Å². The van der Waals surface area contributed by atoms with Crippen molar-refractivity contribution >= 4 is 23.3 Å². The second-order valence-electron chi connectivity index (χ2n) is 5.43. The van der Waals surface area contributed by atoms with Crippen molar-refractivity contribution in [2.45, 2.75) is 39.7 Å². The summed E-state index contributed by atoms with van der Waals surface area (Å²) in [6, 6.07) is -0.129. The Balaban J connectivity index is 1.84. The molecule has 21 heavy (non-hydrogen) atoms. The summed E-state index contributed by atoms with van der Waals surface area (Å²) in [6.07, 6.45) is 3.42. The van der Waals surface area contributed by atoms with E-state index in [2.05, 4.69) is 10.3 Å². The zero-order chi connectivity index (χ0) is 15.5. The van der Waals surface area contributed by atoms with E-state index in [1.165, 1.54) is 0 Å². The third-order valence-corrected chi connectivity index (χ3v) is 5.13. The van der Waals surface area contributed by atoms with E-state index in [0.29, 0.717) is 38.9 Å². The molecule has 116 valence electrons. The lowest BCUT2D eigenvalue weighted by molar-refractivity contribution is -0.151. The number of nitrogens with one attached hydrogen (secondary N) is 1. The lowest BCUT2D eigenvalue weighted by atomic mass is 9.76. The standard InChI is InChI=1S/C14H21N3O3S/c1-3-14(12(18)19)4-6-17(7-5-14)13(20)16-9-11-8-15-10(2)21-11/h8H,3-7,9H2,1-2H3,(H,16,20)(H,18,19). The van der Waals surface area contributed by atoms with Crippen LogP contribution in [0.15, 0.2) is 6.20 Å². The molecule has 0 spiro atoms. The van der Waals surface area contributed by atoms with Crippen LogP contribution in [-0.2, 0) is 11.3 Å². The number of thiazole rings is 1. The molecule has 6 nitrogen and oxygen atoms in total. The average Bonchev–Trinajstić information content (AvgIpc) is 2.90. The van der Waals surface area contributed by atoms with Gasteiger partial charge in [0.2, 0.25) is 0 Å². The molecule has 0 unspecified atom stereocenters. The molecule has 0 atom stereocenters. The van der Waals surface area contributed by atoms with Crippen LogP contribution in [-0.4, -0.2) is 40.1 Å². The van der Waals surface area contributed by atoms with Gasteiger partial charge in [-0.05, 0) is 26.2 Å². The number of hydrogen-bond donors (Lipinski definition) is 2. The van der Waals surface area contributed by atoms with Crippen molar-refractivity contribution in [3.05, 3.63) is 16.1 Å². The number of nitrogens with zero attached hydrogens (tertiary/aromatic N) is 2. The largest absolute Gasteiger partial charge is 0.481 e. The number of carbonyl (C=O) groups is 2. The molecule has 0 radical (unpaired) electrons. The summed E-state index contributed by atoms with van der Waals surface area (Å²) in [5.41, 5.74) is -0.661. The van der Waals surface area contributed by atoms with E-state index in [1.807, 2.05) is 13.8 Å². The van der Waals surface area contributed by atoms with E-state index in [-0.39, 0.29) is 6.03 Å². The molecule has 2 N–H and O–H groups in total. The van der Waals surface area contributed by atoms with Gasteiger partial charge >= 0.3 is 12.0 Å². The number of aryl methyl sites for hydroxylation is 1. The Hall–Kier alpha value is -1.63. The summed E-state index contributed by atoms with van der Waals surface area (Å²) in [4.78, 5) is 30.3. The van der Waals surface area contributed by atoms with Crippen molar-refractivity contribution in [2.75, 3.05) is 13.1 Å². The molecule has 0 saturated carbocycles. The predicted molar refractivity (Wildman–Crippen MR) is 80.3 cm³/mol. The molecular formula is C14H21N3O3S. The van der Waals surface area contributed by atoms with Crippen LogP contribution in [0.2, 0.25) is 0 Å². The minimum atomic E-state index is -0.745. The van der Waals surface area contributed by atoms with Gasteiger partial charge in [-0.15, -0.1) is 11.3 Å². The van der Waals surface area contributed by atoms with Crippen molar-refractivity contribution in [1.82, 2.24) is 15.2 Å². The fraction of sp³-hybridized carbons (Fsp3) is 0.643. The molecule has 1 aliphatic heterocycles. The molecule has 0 aromatic carbocycles. The van der Waals surface area contributed by atoms with Gasteiger partial charge in [0.25, 0.3) is 0 Å². The zero-order valence-corrected chi connectivity index (χ0v) is 13.2. The monoisotopic (exact) mass is 311 g/mol. The van der Waals surface area contributed by atoms with Crippen LogP contribution >= 0.6 is 11.3 Å². The number of piperidine rings is 1. The van der Waals surface area contributed by atoms with Crippen LogP contribution in [0.3, 0.4) is 0 Å². The summed E-state index contributed by atoms with van der Waals surface area (Å²) >= 11 is 1.56. The molecule has 1 aliphatic rings. The van der Waals surface area contributed by atoms with Crippen LogP contribution in [0.5, 0.6) is 0 Å². The minimum Gasteiger partial charge on any atom is -0.481 e. The molecule has 0 bridgehead atoms. The summed E-state index contributed by atoms with van der Waals surface area (Å²) in [5, 5.41) is 13.2. The molecule has 2 rings (SSSR count). The minimum absolute atomic E-state index is 0.129. The van der Waals surface area contributed by atoms with Crippen LogP contribution < -0.4 is 5.32 Å². The van der Waals surface area contributed by atoms with Gasteiger partial charge in [0.05, 0.1) is 17.0 Å². The maximum Gasteiger partial charge on any atom is 0.317 e. The lowest BCUT2D eigenvalue weighted by Crippen LogP contribution is -2.49. The normalized spacial score (nSPS) is 17.5. The van der Waals surface area contributed by atoms with Gasteiger partial charge in [-0.1, -0.05) is 6.92 Å². The maximum absolute atomic E-state index is 12.1. The summed E-state index contributed by atoms with van der Waals surface area (Å²) in [5.74, 6) is -0.745. The molecule has 1 fully saturated rings. The van der Waals surface area contributed by atoms with Crippen LogP contribution in [0.4, 0.5) is 4.79 Å². The number of carbonyl (C=O) groups excluding carboxylic acids is 1.